The number of hydrogen-bond donors (Lipinski definition) is 2. The molecule has 2 rings (SSSR count). The predicted octanol–water partition coefficient (Wildman–Crippen LogP) is 1.76. The first-order chi connectivity index (χ1) is 12.6. The third-order valence-electron chi connectivity index (χ3n) is 3.94. The fourth-order valence-electron chi connectivity index (χ4n) is 2.65. The second-order valence-electron chi connectivity index (χ2n) is 5.82. The van der Waals surface area contributed by atoms with Gasteiger partial charge in [-0.15, -0.1) is 11.8 Å². The lowest BCUT2D eigenvalue weighted by molar-refractivity contribution is -0.145. The predicted molar refractivity (Wildman–Crippen MR) is 110 cm³/mol. The maximum Gasteiger partial charge on any atom is 0.326 e. The summed E-state index contributed by atoms with van der Waals surface area (Å²) in [5.41, 5.74) is 0. The first-order valence-corrected chi connectivity index (χ1v) is 12.0. The molecule has 8 nitrogen and oxygen atoms in total. The molecule has 0 aromatic heterocycles. The summed E-state index contributed by atoms with van der Waals surface area (Å²) in [6.45, 7) is 2.90. The Morgan fingerprint density at radius 3 is 2.70 bits per heavy atom. The van der Waals surface area contributed by atoms with Crippen LogP contribution in [0.1, 0.15) is 19.8 Å². The third-order valence-corrected chi connectivity index (χ3v) is 7.17. The maximum absolute atomic E-state index is 12.5. The minimum atomic E-state index is -3.98. The summed E-state index contributed by atoms with van der Waals surface area (Å²) in [4.78, 5) is 27.3. The second-order valence-corrected chi connectivity index (χ2v) is 10.2. The van der Waals surface area contributed by atoms with Crippen molar-refractivity contribution in [3.8, 4) is 0 Å². The van der Waals surface area contributed by atoms with Crippen LogP contribution in [0.2, 0.25) is 0 Å². The SMILES string of the molecule is CCC(C(=O)O)N1C(=O)/C(=C\C=C2\SCCN2CCCS(=O)(=O)O)SC1=S. The Morgan fingerprint density at radius 2 is 2.11 bits per heavy atom. The minimum Gasteiger partial charge on any atom is -0.480 e. The van der Waals surface area contributed by atoms with E-state index in [0.717, 1.165) is 34.0 Å². The van der Waals surface area contributed by atoms with Crippen LogP contribution in [0.15, 0.2) is 22.1 Å². The number of thioether (sulfide) groups is 2. The molecule has 0 aromatic carbocycles. The van der Waals surface area contributed by atoms with Crippen LogP contribution in [0.3, 0.4) is 0 Å². The van der Waals surface area contributed by atoms with E-state index in [4.69, 9.17) is 16.8 Å². The van der Waals surface area contributed by atoms with Crippen molar-refractivity contribution in [1.82, 2.24) is 9.80 Å². The average molecular weight is 453 g/mol. The molecule has 150 valence electrons. The van der Waals surface area contributed by atoms with Gasteiger partial charge >= 0.3 is 5.97 Å². The van der Waals surface area contributed by atoms with Gasteiger partial charge in [-0.05, 0) is 25.0 Å². The van der Waals surface area contributed by atoms with E-state index >= 15 is 0 Å². The molecule has 2 saturated heterocycles. The van der Waals surface area contributed by atoms with Crippen molar-refractivity contribution in [2.45, 2.75) is 25.8 Å². The number of carbonyl (C=O) groups is 2. The molecule has 12 heteroatoms. The van der Waals surface area contributed by atoms with Crippen molar-refractivity contribution in [2.24, 2.45) is 0 Å². The van der Waals surface area contributed by atoms with Crippen LogP contribution < -0.4 is 0 Å². The van der Waals surface area contributed by atoms with Gasteiger partial charge in [0, 0.05) is 18.8 Å². The van der Waals surface area contributed by atoms with E-state index in [1.54, 1.807) is 30.8 Å². The summed E-state index contributed by atoms with van der Waals surface area (Å²) < 4.78 is 30.7. The topological polar surface area (TPSA) is 115 Å². The van der Waals surface area contributed by atoms with Crippen molar-refractivity contribution < 1.29 is 27.7 Å². The third kappa shape index (κ3) is 5.95. The van der Waals surface area contributed by atoms with Crippen LogP contribution in [0, 0.1) is 0 Å². The van der Waals surface area contributed by atoms with E-state index in [1.165, 1.54) is 0 Å². The van der Waals surface area contributed by atoms with E-state index < -0.39 is 28.0 Å². The molecule has 0 aromatic rings. The fourth-order valence-corrected chi connectivity index (χ4v) is 5.49. The van der Waals surface area contributed by atoms with Crippen molar-refractivity contribution in [2.75, 3.05) is 24.6 Å². The Kier molecular flexibility index (Phi) is 7.74. The minimum absolute atomic E-state index is 0.225. The van der Waals surface area contributed by atoms with Crippen LogP contribution >= 0.6 is 35.7 Å². The Morgan fingerprint density at radius 1 is 1.41 bits per heavy atom. The second kappa shape index (κ2) is 9.41. The van der Waals surface area contributed by atoms with E-state index in [-0.39, 0.29) is 16.5 Å². The Labute approximate surface area is 171 Å². The molecule has 0 saturated carbocycles. The van der Waals surface area contributed by atoms with Crippen molar-refractivity contribution in [3.63, 3.8) is 0 Å². The van der Waals surface area contributed by atoms with Crippen LogP contribution in [0.5, 0.6) is 0 Å². The first-order valence-electron chi connectivity index (χ1n) is 8.17. The first kappa shape index (κ1) is 22.2. The number of aliphatic carboxylic acids is 1. The smallest absolute Gasteiger partial charge is 0.326 e. The standard InChI is InChI=1S/C15H20N2O6S4/c1-2-10(14(19)20)17-13(18)11(26-15(17)24)4-5-12-16(7-8-25-12)6-3-9-27(21,22)23/h4-5,10H,2-3,6-9H2,1H3,(H,19,20)(H,21,22,23)/b11-4+,12-5+. The van der Waals surface area contributed by atoms with Crippen molar-refractivity contribution >= 4 is 62.1 Å². The molecule has 2 N–H and O–H groups in total. The van der Waals surface area contributed by atoms with E-state index in [0.29, 0.717) is 17.9 Å². The molecule has 2 heterocycles. The highest BCUT2D eigenvalue weighted by molar-refractivity contribution is 8.26. The lowest BCUT2D eigenvalue weighted by atomic mass is 10.2. The molecule has 1 atom stereocenters. The van der Waals surface area contributed by atoms with Gasteiger partial charge in [-0.1, -0.05) is 30.9 Å². The monoisotopic (exact) mass is 452 g/mol. The number of thiocarbonyl (C=S) groups is 1. The molecular formula is C15H20N2O6S4. The Balaban J connectivity index is 2.08. The van der Waals surface area contributed by atoms with Gasteiger partial charge in [0.05, 0.1) is 15.7 Å². The van der Waals surface area contributed by atoms with Crippen LogP contribution in [-0.2, 0) is 19.7 Å². The molecule has 1 unspecified atom stereocenters. The van der Waals surface area contributed by atoms with Gasteiger partial charge in [0.2, 0.25) is 0 Å². The maximum atomic E-state index is 12.5. The molecule has 2 aliphatic heterocycles. The highest BCUT2D eigenvalue weighted by Crippen LogP contribution is 2.34. The zero-order chi connectivity index (χ0) is 20.2. The van der Waals surface area contributed by atoms with Crippen LogP contribution in [0.25, 0.3) is 0 Å². The number of carboxylic acid groups (broad SMARTS) is 1. The zero-order valence-corrected chi connectivity index (χ0v) is 17.8. The average Bonchev–Trinajstić information content (AvgIpc) is 3.11. The van der Waals surface area contributed by atoms with Gasteiger partial charge in [-0.2, -0.15) is 8.42 Å². The molecule has 0 aliphatic carbocycles. The highest BCUT2D eigenvalue weighted by Gasteiger charge is 2.39. The summed E-state index contributed by atoms with van der Waals surface area (Å²) in [5, 5.41) is 10.2. The van der Waals surface area contributed by atoms with Gasteiger partial charge < -0.3 is 10.0 Å². The van der Waals surface area contributed by atoms with E-state index in [1.807, 2.05) is 4.90 Å². The van der Waals surface area contributed by atoms with Gasteiger partial charge in [0.1, 0.15) is 10.4 Å². The molecule has 0 radical (unpaired) electrons. The molecule has 0 bridgehead atoms. The van der Waals surface area contributed by atoms with Crippen molar-refractivity contribution in [3.05, 3.63) is 22.1 Å². The molecule has 1 amide bonds. The van der Waals surface area contributed by atoms with Gasteiger partial charge in [0.15, 0.2) is 0 Å². The van der Waals surface area contributed by atoms with Gasteiger partial charge in [0.25, 0.3) is 16.0 Å². The number of carbonyl (C=O) groups excluding carboxylic acids is 1. The Hall–Kier alpha value is -1.08. The number of carboxylic acids is 1. The van der Waals surface area contributed by atoms with Gasteiger partial charge in [-0.25, -0.2) is 4.79 Å². The molecule has 2 fully saturated rings. The normalized spacial score (nSPS) is 22.3. The van der Waals surface area contributed by atoms with Crippen molar-refractivity contribution in [1.29, 1.82) is 0 Å². The molecule has 2 aliphatic rings. The lowest BCUT2D eigenvalue weighted by Gasteiger charge is -2.21. The molecular weight excluding hydrogens is 432 g/mol. The highest BCUT2D eigenvalue weighted by atomic mass is 32.2. The van der Waals surface area contributed by atoms with E-state index in [9.17, 15) is 23.1 Å². The van der Waals surface area contributed by atoms with E-state index in [2.05, 4.69) is 0 Å². The van der Waals surface area contributed by atoms with Crippen LogP contribution in [0.4, 0.5) is 0 Å². The summed E-state index contributed by atoms with van der Waals surface area (Å²) in [6, 6.07) is -0.978. The molecule has 27 heavy (non-hydrogen) atoms. The number of allylic oxidation sites excluding steroid dienone is 2. The van der Waals surface area contributed by atoms with Gasteiger partial charge in [-0.3, -0.25) is 14.2 Å². The zero-order valence-electron chi connectivity index (χ0n) is 14.5. The summed E-state index contributed by atoms with van der Waals surface area (Å²) in [5.74, 6) is -0.973. The number of hydrogen-bond acceptors (Lipinski definition) is 8. The number of rotatable bonds is 8. The quantitative estimate of drug-likeness (QED) is 0.321. The largest absolute Gasteiger partial charge is 0.480 e. The van der Waals surface area contributed by atoms with Crippen LogP contribution in [-0.4, -0.2) is 74.7 Å². The Bertz CT molecular complexity index is 792. The number of nitrogens with zero attached hydrogens (tertiary/aromatic N) is 2. The summed E-state index contributed by atoms with van der Waals surface area (Å²) in [6.07, 6.45) is 3.94. The number of amides is 1. The molecule has 0 spiro atoms. The summed E-state index contributed by atoms with van der Waals surface area (Å²) in [7, 11) is -3.98. The fraction of sp³-hybridized carbons (Fsp3) is 0.533. The lowest BCUT2D eigenvalue weighted by Crippen LogP contribution is -2.43. The summed E-state index contributed by atoms with van der Waals surface area (Å²) >= 11 is 7.82.